The van der Waals surface area contributed by atoms with Crippen LogP contribution < -0.4 is 20.7 Å². The number of hydrogen-bond donors (Lipinski definition) is 4. The molecule has 3 saturated carbocycles. The molecule has 0 unspecified atom stereocenters. The Bertz CT molecular complexity index is 1760. The Balaban J connectivity index is 1.12. The van der Waals surface area contributed by atoms with Crippen molar-refractivity contribution in [3.8, 4) is 0 Å². The van der Waals surface area contributed by atoms with Crippen molar-refractivity contribution in [1.29, 1.82) is 0 Å². The zero-order chi connectivity index (χ0) is 37.3. The highest BCUT2D eigenvalue weighted by atomic mass is 32.2. The number of hydrogen-bond acceptors (Lipinski definition) is 8. The van der Waals surface area contributed by atoms with Gasteiger partial charge in [-0.05, 0) is 75.0 Å². The first-order valence-corrected chi connectivity index (χ1v) is 20.6. The van der Waals surface area contributed by atoms with Gasteiger partial charge in [0.15, 0.2) is 0 Å². The van der Waals surface area contributed by atoms with E-state index in [0.29, 0.717) is 49.7 Å². The molecule has 0 aromatic heterocycles. The van der Waals surface area contributed by atoms with E-state index < -0.39 is 74.8 Å². The van der Waals surface area contributed by atoms with Gasteiger partial charge in [-0.1, -0.05) is 50.0 Å². The van der Waals surface area contributed by atoms with Crippen LogP contribution in [0.4, 0.5) is 14.0 Å². The average Bonchev–Trinajstić information content (AvgIpc) is 4.00. The van der Waals surface area contributed by atoms with E-state index in [2.05, 4.69) is 20.7 Å². The van der Waals surface area contributed by atoms with Crippen LogP contribution in [0.25, 0.3) is 0 Å². The summed E-state index contributed by atoms with van der Waals surface area (Å²) in [7, 11) is -3.91. The van der Waals surface area contributed by atoms with E-state index in [0.717, 1.165) is 38.5 Å². The van der Waals surface area contributed by atoms with Gasteiger partial charge < -0.3 is 30.5 Å². The maximum Gasteiger partial charge on any atom is 0.410 e. The quantitative estimate of drug-likeness (QED) is 0.320. The van der Waals surface area contributed by atoms with Gasteiger partial charge in [0, 0.05) is 31.5 Å². The first-order chi connectivity index (χ1) is 25.4. The number of nitrogens with zero attached hydrogens (tertiary/aromatic N) is 2. The van der Waals surface area contributed by atoms with E-state index in [1.165, 1.54) is 15.9 Å². The van der Waals surface area contributed by atoms with Gasteiger partial charge >= 0.3 is 12.1 Å². The molecule has 53 heavy (non-hydrogen) atoms. The Labute approximate surface area is 309 Å². The van der Waals surface area contributed by atoms with Crippen LogP contribution in [0.5, 0.6) is 0 Å². The van der Waals surface area contributed by atoms with E-state index in [4.69, 9.17) is 4.74 Å². The number of rotatable bonds is 6. The number of nitrogens with one attached hydrogen (secondary N) is 4. The van der Waals surface area contributed by atoms with Crippen molar-refractivity contribution in [2.24, 2.45) is 5.92 Å². The van der Waals surface area contributed by atoms with Gasteiger partial charge in [-0.3, -0.25) is 19.1 Å². The van der Waals surface area contributed by atoms with E-state index in [1.54, 1.807) is 12.1 Å². The van der Waals surface area contributed by atoms with Crippen LogP contribution >= 0.6 is 0 Å². The number of sulfonamides is 1. The minimum atomic E-state index is -3.91. The molecule has 4 N–H and O–H groups in total. The summed E-state index contributed by atoms with van der Waals surface area (Å²) in [6.45, 7) is 0.233. The molecule has 16 heteroatoms. The zero-order valence-corrected chi connectivity index (χ0v) is 30.6. The molecule has 0 bridgehead atoms. The Hall–Kier alpha value is -4.21. The summed E-state index contributed by atoms with van der Waals surface area (Å²) < 4.78 is 48.0. The molecule has 0 spiro atoms. The molecule has 14 nitrogen and oxygen atoms in total. The molecule has 1 aromatic carbocycles. The molecule has 3 heterocycles. The van der Waals surface area contributed by atoms with Crippen LogP contribution in [-0.2, 0) is 42.1 Å². The molecule has 6 amide bonds. The summed E-state index contributed by atoms with van der Waals surface area (Å²) in [4.78, 5) is 71.7. The van der Waals surface area contributed by atoms with Gasteiger partial charge in [0.05, 0.1) is 11.8 Å². The highest BCUT2D eigenvalue weighted by Gasteiger charge is 2.62. The summed E-state index contributed by atoms with van der Waals surface area (Å²) in [6, 6.07) is 2.13. The number of allylic oxidation sites excluding steroid dienone is 1. The van der Waals surface area contributed by atoms with Crippen LogP contribution in [0.15, 0.2) is 30.4 Å². The lowest BCUT2D eigenvalue weighted by atomic mass is 9.99. The van der Waals surface area contributed by atoms with Crippen molar-refractivity contribution in [1.82, 2.24) is 30.5 Å². The smallest absolute Gasteiger partial charge is 0.410 e. The predicted molar refractivity (Wildman–Crippen MR) is 190 cm³/mol. The monoisotopic (exact) mass is 756 g/mol. The number of fused-ring (bicyclic) bond motifs is 3. The highest BCUT2D eigenvalue weighted by molar-refractivity contribution is 7.91. The van der Waals surface area contributed by atoms with E-state index in [1.807, 2.05) is 12.2 Å². The lowest BCUT2D eigenvalue weighted by Gasteiger charge is -2.30. The van der Waals surface area contributed by atoms with Crippen molar-refractivity contribution in [3.63, 3.8) is 0 Å². The van der Waals surface area contributed by atoms with Crippen molar-refractivity contribution in [3.05, 3.63) is 47.3 Å². The minimum absolute atomic E-state index is 0.0176. The minimum Gasteiger partial charge on any atom is -0.444 e. The molecule has 6 aliphatic rings. The fraction of sp³-hybridized carbons (Fsp3) is 0.649. The second-order valence-electron chi connectivity index (χ2n) is 15.5. The third-order valence-electron chi connectivity index (χ3n) is 11.6. The lowest BCUT2D eigenvalue weighted by molar-refractivity contribution is -0.141. The molecule has 5 atom stereocenters. The second-order valence-corrected chi connectivity index (χ2v) is 17.4. The Morgan fingerprint density at radius 3 is 2.53 bits per heavy atom. The van der Waals surface area contributed by atoms with Gasteiger partial charge in [-0.25, -0.2) is 22.4 Å². The van der Waals surface area contributed by atoms with Gasteiger partial charge in [0.1, 0.15) is 29.5 Å². The predicted octanol–water partition coefficient (Wildman–Crippen LogP) is 2.90. The maximum absolute atomic E-state index is 14.4. The molecular formula is C37H49FN6O8S. The van der Waals surface area contributed by atoms with Gasteiger partial charge in [0.2, 0.25) is 21.8 Å². The number of benzene rings is 1. The second kappa shape index (κ2) is 15.3. The maximum atomic E-state index is 14.4. The molecule has 3 aliphatic carbocycles. The van der Waals surface area contributed by atoms with Crippen molar-refractivity contribution >= 4 is 39.9 Å². The summed E-state index contributed by atoms with van der Waals surface area (Å²) in [5.74, 6) is -2.79. The third-order valence-corrected chi connectivity index (χ3v) is 13.4. The van der Waals surface area contributed by atoms with Crippen LogP contribution in [0.2, 0.25) is 0 Å². The molecule has 1 aromatic rings. The molecule has 288 valence electrons. The van der Waals surface area contributed by atoms with E-state index >= 15 is 0 Å². The lowest BCUT2D eigenvalue weighted by Crippen LogP contribution is -2.59. The largest absolute Gasteiger partial charge is 0.444 e. The van der Waals surface area contributed by atoms with Crippen molar-refractivity contribution < 1.29 is 41.5 Å². The number of urea groups is 1. The molecule has 0 radical (unpaired) electrons. The normalized spacial score (nSPS) is 29.5. The van der Waals surface area contributed by atoms with Gasteiger partial charge in [0.25, 0.3) is 5.91 Å². The first-order valence-electron chi connectivity index (χ1n) is 19.1. The SMILES string of the molecule is O=C(NC1CCCC1)N[C@H]1CCCCCC=C[C@@H]2C[C@@]2(C(=O)NS(=O)(=O)C2CC2)NC(=O)[C@@H]2C[C@@H](OC(=O)N3CCc4c(F)cccc4C3)CN2C1=O. The zero-order valence-electron chi connectivity index (χ0n) is 29.8. The number of carbonyl (C=O) groups excluding carboxylic acids is 5. The van der Waals surface area contributed by atoms with Crippen LogP contribution in [0.3, 0.4) is 0 Å². The summed E-state index contributed by atoms with van der Waals surface area (Å²) >= 11 is 0. The number of carbonyl (C=O) groups is 5. The number of amides is 6. The van der Waals surface area contributed by atoms with Crippen LogP contribution in [-0.4, -0.2) is 96.2 Å². The molecule has 3 aliphatic heterocycles. The molecule has 1 saturated heterocycles. The van der Waals surface area contributed by atoms with Gasteiger partial charge in [-0.2, -0.15) is 0 Å². The molecular weight excluding hydrogens is 708 g/mol. The average molecular weight is 757 g/mol. The third kappa shape index (κ3) is 8.31. The van der Waals surface area contributed by atoms with E-state index in [-0.39, 0.29) is 44.3 Å². The molecule has 4 fully saturated rings. The number of ether oxygens (including phenoxy) is 1. The number of halogens is 1. The molecule has 7 rings (SSSR count). The fourth-order valence-electron chi connectivity index (χ4n) is 8.24. The summed E-state index contributed by atoms with van der Waals surface area (Å²) in [5.41, 5.74) is -0.307. The first kappa shape index (κ1) is 37.1. The Kier molecular flexibility index (Phi) is 10.7. The summed E-state index contributed by atoms with van der Waals surface area (Å²) in [5, 5.41) is 8.00. The Morgan fingerprint density at radius 2 is 1.75 bits per heavy atom. The fourth-order valence-corrected chi connectivity index (χ4v) is 9.60. The standard InChI is InChI=1S/C37H49FN6O8S/c38-29-13-8-9-23-21-43(18-17-28(23)29)36(49)52-26-19-31-32(45)41-37(34(47)42-53(50,51)27-15-16-27)20-24(37)10-4-2-1-3-5-14-30(33(46)44(31)22-26)40-35(48)39-25-11-6-7-12-25/h4,8-10,13,24-27,30-31H,1-3,5-7,11-12,14-22H2,(H,41,45)(H,42,47)(H2,39,40,48)/t24-,26-,30+,31+,37-/m1/s1. The highest BCUT2D eigenvalue weighted by Crippen LogP contribution is 2.46. The summed E-state index contributed by atoms with van der Waals surface area (Å²) in [6.07, 6.45) is 10.5. The van der Waals surface area contributed by atoms with Gasteiger partial charge in [-0.15, -0.1) is 0 Å². The Morgan fingerprint density at radius 1 is 0.981 bits per heavy atom. The van der Waals surface area contributed by atoms with Crippen molar-refractivity contribution in [2.75, 3.05) is 13.1 Å². The van der Waals surface area contributed by atoms with Crippen LogP contribution in [0, 0.1) is 11.7 Å². The topological polar surface area (TPSA) is 183 Å². The van der Waals surface area contributed by atoms with Crippen molar-refractivity contribution in [2.45, 2.75) is 131 Å². The van der Waals surface area contributed by atoms with E-state index in [9.17, 15) is 36.8 Å². The van der Waals surface area contributed by atoms with Crippen LogP contribution in [0.1, 0.15) is 94.6 Å².